The van der Waals surface area contributed by atoms with Crippen molar-refractivity contribution in [3.63, 3.8) is 0 Å². The Hall–Kier alpha value is -3.56. The lowest BCUT2D eigenvalue weighted by Crippen LogP contribution is -2.36. The maximum Gasteiger partial charge on any atom is 0.329 e. The van der Waals surface area contributed by atoms with Crippen LogP contribution in [-0.4, -0.2) is 33.6 Å². The fraction of sp³-hybridized carbons (Fsp3) is 0.238. The van der Waals surface area contributed by atoms with Crippen molar-refractivity contribution in [2.24, 2.45) is 5.92 Å². The van der Waals surface area contributed by atoms with Crippen molar-refractivity contribution < 1.29 is 27.1 Å². The standard InChI is InChI=1S/C21H18F4N4O2/c1-4-7-31-21(30)16(10(2)3)28-17-15(14-12(23)8-11(22)9-13(14)24)19(25)29-20-18(17)26-5-6-27-20/h4-6,8-10,16H,1,7H2,2-3H3,(H,27,28,29)/t16-/m0/s1. The number of benzene rings is 1. The highest BCUT2D eigenvalue weighted by atomic mass is 19.1. The molecule has 0 bridgehead atoms. The van der Waals surface area contributed by atoms with Gasteiger partial charge in [0.25, 0.3) is 0 Å². The summed E-state index contributed by atoms with van der Waals surface area (Å²) in [4.78, 5) is 24.1. The van der Waals surface area contributed by atoms with Crippen molar-refractivity contribution in [3.05, 3.63) is 60.6 Å². The van der Waals surface area contributed by atoms with E-state index >= 15 is 4.39 Å². The molecule has 2 heterocycles. The molecule has 0 aliphatic rings. The fourth-order valence-corrected chi connectivity index (χ4v) is 2.99. The number of halogens is 4. The fourth-order valence-electron chi connectivity index (χ4n) is 2.99. The Labute approximate surface area is 175 Å². The van der Waals surface area contributed by atoms with Gasteiger partial charge in [-0.2, -0.15) is 9.37 Å². The number of pyridine rings is 1. The highest BCUT2D eigenvalue weighted by molar-refractivity contribution is 5.97. The molecule has 31 heavy (non-hydrogen) atoms. The van der Waals surface area contributed by atoms with Crippen LogP contribution in [0.5, 0.6) is 0 Å². The molecule has 162 valence electrons. The largest absolute Gasteiger partial charge is 0.460 e. The lowest BCUT2D eigenvalue weighted by Gasteiger charge is -2.24. The molecule has 0 amide bonds. The molecule has 0 aliphatic heterocycles. The Morgan fingerprint density at radius 3 is 2.39 bits per heavy atom. The first-order chi connectivity index (χ1) is 14.7. The maximum atomic E-state index is 15.0. The third kappa shape index (κ3) is 4.47. The molecule has 0 saturated carbocycles. The molecular weight excluding hydrogens is 416 g/mol. The topological polar surface area (TPSA) is 77.0 Å². The van der Waals surface area contributed by atoms with Gasteiger partial charge in [-0.25, -0.2) is 27.9 Å². The summed E-state index contributed by atoms with van der Waals surface area (Å²) in [5.41, 5.74) is -1.93. The summed E-state index contributed by atoms with van der Waals surface area (Å²) in [6.07, 6.45) is 3.90. The molecule has 0 saturated heterocycles. The molecule has 6 nitrogen and oxygen atoms in total. The lowest BCUT2D eigenvalue weighted by molar-refractivity contribution is -0.144. The molecule has 1 N–H and O–H groups in total. The average Bonchev–Trinajstić information content (AvgIpc) is 2.70. The number of rotatable bonds is 7. The van der Waals surface area contributed by atoms with Crippen LogP contribution in [0.2, 0.25) is 0 Å². The minimum absolute atomic E-state index is 0.0378. The number of carbonyl (C=O) groups is 1. The summed E-state index contributed by atoms with van der Waals surface area (Å²) in [6.45, 7) is 6.78. The van der Waals surface area contributed by atoms with Crippen molar-refractivity contribution in [2.45, 2.75) is 19.9 Å². The Bertz CT molecular complexity index is 1130. The van der Waals surface area contributed by atoms with Gasteiger partial charge in [0.1, 0.15) is 35.6 Å². The number of nitrogens with one attached hydrogen (secondary N) is 1. The second kappa shape index (κ2) is 9.07. The zero-order valence-electron chi connectivity index (χ0n) is 16.6. The van der Waals surface area contributed by atoms with Gasteiger partial charge in [0, 0.05) is 24.5 Å². The Balaban J connectivity index is 2.27. The van der Waals surface area contributed by atoms with E-state index in [1.165, 1.54) is 18.5 Å². The highest BCUT2D eigenvalue weighted by Gasteiger charge is 2.30. The number of carbonyl (C=O) groups excluding carboxylic acids is 1. The van der Waals surface area contributed by atoms with Gasteiger partial charge in [-0.15, -0.1) is 0 Å². The van der Waals surface area contributed by atoms with Crippen LogP contribution >= 0.6 is 0 Å². The maximum absolute atomic E-state index is 15.0. The summed E-state index contributed by atoms with van der Waals surface area (Å²) in [5.74, 6) is -6.22. The van der Waals surface area contributed by atoms with E-state index in [4.69, 9.17) is 4.74 Å². The molecule has 0 aliphatic carbocycles. The molecular formula is C21H18F4N4O2. The first kappa shape index (κ1) is 22.1. The Kier molecular flexibility index (Phi) is 6.47. The summed E-state index contributed by atoms with van der Waals surface area (Å²) in [6, 6.07) is -0.209. The second-order valence-corrected chi connectivity index (χ2v) is 6.91. The number of fused-ring (bicyclic) bond motifs is 1. The van der Waals surface area contributed by atoms with E-state index in [1.54, 1.807) is 13.8 Å². The number of aromatic nitrogens is 3. The average molecular weight is 434 g/mol. The SMILES string of the molecule is C=CCOC(=O)[C@@H](Nc1c(-c2c(F)cc(F)cc2F)c(F)nc2nccnc12)C(C)C. The van der Waals surface area contributed by atoms with E-state index in [1.807, 2.05) is 0 Å². The number of hydrogen-bond donors (Lipinski definition) is 1. The number of anilines is 1. The number of esters is 1. The first-order valence-electron chi connectivity index (χ1n) is 9.23. The summed E-state index contributed by atoms with van der Waals surface area (Å²) in [5, 5.41) is 2.79. The van der Waals surface area contributed by atoms with E-state index < -0.39 is 46.5 Å². The normalized spacial score (nSPS) is 12.1. The van der Waals surface area contributed by atoms with Crippen LogP contribution in [0.4, 0.5) is 23.2 Å². The predicted octanol–water partition coefficient (Wildman–Crippen LogP) is 4.41. The Morgan fingerprint density at radius 1 is 1.13 bits per heavy atom. The van der Waals surface area contributed by atoms with Crippen LogP contribution < -0.4 is 5.32 Å². The van der Waals surface area contributed by atoms with Gasteiger partial charge in [-0.3, -0.25) is 0 Å². The van der Waals surface area contributed by atoms with Crippen molar-refractivity contribution in [1.29, 1.82) is 0 Å². The van der Waals surface area contributed by atoms with E-state index in [0.717, 1.165) is 0 Å². The second-order valence-electron chi connectivity index (χ2n) is 6.91. The van der Waals surface area contributed by atoms with E-state index in [9.17, 15) is 18.0 Å². The first-order valence-corrected chi connectivity index (χ1v) is 9.23. The van der Waals surface area contributed by atoms with Crippen molar-refractivity contribution in [3.8, 4) is 11.1 Å². The number of nitrogens with zero attached hydrogens (tertiary/aromatic N) is 3. The molecule has 0 spiro atoms. The van der Waals surface area contributed by atoms with Gasteiger partial charge >= 0.3 is 5.97 Å². The van der Waals surface area contributed by atoms with Crippen molar-refractivity contribution in [1.82, 2.24) is 15.0 Å². The van der Waals surface area contributed by atoms with Crippen molar-refractivity contribution >= 4 is 22.8 Å². The zero-order chi connectivity index (χ0) is 22.7. The van der Waals surface area contributed by atoms with Crippen LogP contribution in [0.3, 0.4) is 0 Å². The summed E-state index contributed by atoms with van der Waals surface area (Å²) in [7, 11) is 0. The van der Waals surface area contributed by atoms with Crippen LogP contribution in [-0.2, 0) is 9.53 Å². The monoisotopic (exact) mass is 434 g/mol. The smallest absolute Gasteiger partial charge is 0.329 e. The third-order valence-electron chi connectivity index (χ3n) is 4.40. The minimum Gasteiger partial charge on any atom is -0.460 e. The summed E-state index contributed by atoms with van der Waals surface area (Å²) >= 11 is 0. The van der Waals surface area contributed by atoms with Gasteiger partial charge in [0.2, 0.25) is 5.95 Å². The highest BCUT2D eigenvalue weighted by Crippen LogP contribution is 2.38. The molecule has 3 rings (SSSR count). The predicted molar refractivity (Wildman–Crippen MR) is 106 cm³/mol. The Morgan fingerprint density at radius 2 is 1.77 bits per heavy atom. The van der Waals surface area contributed by atoms with Crippen LogP contribution in [0.1, 0.15) is 13.8 Å². The molecule has 1 aromatic carbocycles. The van der Waals surface area contributed by atoms with Gasteiger partial charge in [-0.1, -0.05) is 26.5 Å². The molecule has 0 radical (unpaired) electrons. The van der Waals surface area contributed by atoms with Gasteiger partial charge in [-0.05, 0) is 5.92 Å². The zero-order valence-corrected chi connectivity index (χ0v) is 16.6. The van der Waals surface area contributed by atoms with E-state index in [0.29, 0.717) is 12.1 Å². The molecule has 10 heteroatoms. The van der Waals surface area contributed by atoms with Crippen molar-refractivity contribution in [2.75, 3.05) is 11.9 Å². The number of ether oxygens (including phenoxy) is 1. The van der Waals surface area contributed by atoms with Crippen LogP contribution in [0, 0.1) is 29.3 Å². The lowest BCUT2D eigenvalue weighted by atomic mass is 9.99. The third-order valence-corrected chi connectivity index (χ3v) is 4.40. The number of hydrogen-bond acceptors (Lipinski definition) is 6. The van der Waals surface area contributed by atoms with E-state index in [-0.39, 0.29) is 29.4 Å². The van der Waals surface area contributed by atoms with Gasteiger partial charge in [0.05, 0.1) is 16.8 Å². The van der Waals surface area contributed by atoms with Gasteiger partial charge in [0.15, 0.2) is 5.65 Å². The molecule has 1 atom stereocenters. The van der Waals surface area contributed by atoms with E-state index in [2.05, 4.69) is 26.8 Å². The molecule has 2 aromatic heterocycles. The molecule has 0 fully saturated rings. The summed E-state index contributed by atoms with van der Waals surface area (Å²) < 4.78 is 62.6. The minimum atomic E-state index is -1.35. The van der Waals surface area contributed by atoms with Crippen LogP contribution in [0.25, 0.3) is 22.3 Å². The molecule has 0 unspecified atom stereocenters. The van der Waals surface area contributed by atoms with Crippen LogP contribution in [0.15, 0.2) is 37.2 Å². The molecule has 3 aromatic rings. The quantitative estimate of drug-likeness (QED) is 0.257. The van der Waals surface area contributed by atoms with Gasteiger partial charge < -0.3 is 10.1 Å².